The van der Waals surface area contributed by atoms with Crippen LogP contribution in [0.1, 0.15) is 25.0 Å². The number of nitrogens with one attached hydrogen (secondary N) is 1. The molecule has 0 aliphatic heterocycles. The van der Waals surface area contributed by atoms with Crippen molar-refractivity contribution in [2.45, 2.75) is 20.3 Å². The first-order valence-electron chi connectivity index (χ1n) is 6.62. The van der Waals surface area contributed by atoms with Crippen molar-refractivity contribution in [1.29, 1.82) is 0 Å². The quantitative estimate of drug-likeness (QED) is 0.717. The van der Waals surface area contributed by atoms with Crippen LogP contribution in [0.3, 0.4) is 0 Å². The summed E-state index contributed by atoms with van der Waals surface area (Å²) in [7, 11) is 0. The highest BCUT2D eigenvalue weighted by atomic mass is 79.9. The molecule has 4 heteroatoms. The molecule has 0 spiro atoms. The van der Waals surface area contributed by atoms with Crippen LogP contribution >= 0.6 is 15.9 Å². The number of nitrogens with zero attached hydrogens (tertiary/aromatic N) is 1. The van der Waals surface area contributed by atoms with Crippen molar-refractivity contribution in [3.63, 3.8) is 0 Å². The highest BCUT2D eigenvalue weighted by Crippen LogP contribution is 2.23. The van der Waals surface area contributed by atoms with Crippen molar-refractivity contribution >= 4 is 27.0 Å². The van der Waals surface area contributed by atoms with Crippen molar-refractivity contribution in [2.24, 2.45) is 0 Å². The van der Waals surface area contributed by atoms with Crippen LogP contribution in [0.15, 0.2) is 47.2 Å². The lowest BCUT2D eigenvalue weighted by Crippen LogP contribution is -1.86. The molecule has 0 aliphatic rings. The van der Waals surface area contributed by atoms with Crippen molar-refractivity contribution < 1.29 is 5.11 Å². The van der Waals surface area contributed by atoms with E-state index < -0.39 is 0 Å². The van der Waals surface area contributed by atoms with Gasteiger partial charge in [0.2, 0.25) is 0 Å². The van der Waals surface area contributed by atoms with Crippen LogP contribution in [0.2, 0.25) is 0 Å². The number of aromatic nitrogens is 2. The molecular formula is C16H17BrN2O. The molecule has 2 aromatic heterocycles. The fourth-order valence-corrected chi connectivity index (χ4v) is 2.40. The van der Waals surface area contributed by atoms with Gasteiger partial charge in [-0.25, -0.2) is 4.98 Å². The van der Waals surface area contributed by atoms with Crippen LogP contribution in [0.5, 0.6) is 5.75 Å². The van der Waals surface area contributed by atoms with Crippen LogP contribution in [-0.2, 0) is 6.42 Å². The third-order valence-electron chi connectivity index (χ3n) is 2.89. The van der Waals surface area contributed by atoms with Gasteiger partial charge in [0.25, 0.3) is 0 Å². The molecule has 0 atom stereocenters. The number of aromatic amines is 1. The van der Waals surface area contributed by atoms with Gasteiger partial charge in [-0.3, -0.25) is 0 Å². The molecular weight excluding hydrogens is 316 g/mol. The van der Waals surface area contributed by atoms with E-state index >= 15 is 0 Å². The predicted molar refractivity (Wildman–Crippen MR) is 86.1 cm³/mol. The summed E-state index contributed by atoms with van der Waals surface area (Å²) in [6, 6.07) is 9.37. The average molecular weight is 333 g/mol. The van der Waals surface area contributed by atoms with E-state index in [0.29, 0.717) is 5.75 Å². The van der Waals surface area contributed by atoms with Gasteiger partial charge in [-0.1, -0.05) is 26.0 Å². The Kier molecular flexibility index (Phi) is 4.79. The summed E-state index contributed by atoms with van der Waals surface area (Å²) >= 11 is 3.43. The molecule has 0 bridgehead atoms. The smallest absolute Gasteiger partial charge is 0.137 e. The molecule has 0 radical (unpaired) electrons. The van der Waals surface area contributed by atoms with Gasteiger partial charge in [0.1, 0.15) is 11.4 Å². The van der Waals surface area contributed by atoms with E-state index in [1.807, 2.05) is 32.2 Å². The molecule has 0 aliphatic carbocycles. The maximum atomic E-state index is 9.47. The number of hydrogen-bond donors (Lipinski definition) is 2. The number of rotatable bonds is 2. The fraction of sp³-hybridized carbons (Fsp3) is 0.188. The third kappa shape index (κ3) is 3.20. The molecule has 0 unspecified atom stereocenters. The molecule has 3 rings (SSSR count). The monoisotopic (exact) mass is 332 g/mol. The standard InChI is InChI=1S/C14H11BrN2O.C2H6/c15-11-6-13-10(7-16-14(13)17-8-11)4-9-2-1-3-12(18)5-9;1-2/h1-3,5-8,18H,4H2,(H,16,17);1-2H3. The Balaban J connectivity index is 0.000000704. The van der Waals surface area contributed by atoms with E-state index in [4.69, 9.17) is 0 Å². The van der Waals surface area contributed by atoms with E-state index in [-0.39, 0.29) is 0 Å². The summed E-state index contributed by atoms with van der Waals surface area (Å²) < 4.78 is 0.965. The summed E-state index contributed by atoms with van der Waals surface area (Å²) in [5.74, 6) is 0.298. The Morgan fingerprint density at radius 2 is 2.05 bits per heavy atom. The zero-order valence-electron chi connectivity index (χ0n) is 11.5. The van der Waals surface area contributed by atoms with Crippen molar-refractivity contribution in [1.82, 2.24) is 9.97 Å². The molecule has 2 heterocycles. The summed E-state index contributed by atoms with van der Waals surface area (Å²) in [6.45, 7) is 4.00. The number of fused-ring (bicyclic) bond motifs is 1. The minimum Gasteiger partial charge on any atom is -0.508 e. The Hall–Kier alpha value is -1.81. The Bertz CT molecular complexity index is 707. The molecule has 1 aromatic carbocycles. The van der Waals surface area contributed by atoms with E-state index in [0.717, 1.165) is 27.5 Å². The van der Waals surface area contributed by atoms with Gasteiger partial charge >= 0.3 is 0 Å². The topological polar surface area (TPSA) is 48.9 Å². The first-order chi connectivity index (χ1) is 9.72. The molecule has 0 saturated carbocycles. The number of aromatic hydroxyl groups is 1. The maximum Gasteiger partial charge on any atom is 0.137 e. The first kappa shape index (κ1) is 14.6. The number of phenolic OH excluding ortho intramolecular Hbond substituents is 1. The summed E-state index contributed by atoms with van der Waals surface area (Å²) in [6.07, 6.45) is 4.51. The van der Waals surface area contributed by atoms with Gasteiger partial charge in [0, 0.05) is 22.3 Å². The van der Waals surface area contributed by atoms with Crippen molar-refractivity contribution in [2.75, 3.05) is 0 Å². The van der Waals surface area contributed by atoms with E-state index in [1.165, 1.54) is 5.56 Å². The number of hydrogen-bond acceptors (Lipinski definition) is 2. The van der Waals surface area contributed by atoms with Crippen molar-refractivity contribution in [3.8, 4) is 5.75 Å². The number of H-pyrrole nitrogens is 1. The zero-order valence-corrected chi connectivity index (χ0v) is 13.1. The van der Waals surface area contributed by atoms with E-state index in [9.17, 15) is 5.11 Å². The second-order valence-electron chi connectivity index (χ2n) is 4.21. The summed E-state index contributed by atoms with van der Waals surface area (Å²) in [5.41, 5.74) is 3.13. The Morgan fingerprint density at radius 1 is 1.25 bits per heavy atom. The van der Waals surface area contributed by atoms with Gasteiger partial charge < -0.3 is 10.1 Å². The van der Waals surface area contributed by atoms with Crippen LogP contribution in [0, 0.1) is 0 Å². The first-order valence-corrected chi connectivity index (χ1v) is 7.41. The minimum atomic E-state index is 0.298. The van der Waals surface area contributed by atoms with Gasteiger partial charge in [0.15, 0.2) is 0 Å². The second-order valence-corrected chi connectivity index (χ2v) is 5.13. The predicted octanol–water partition coefficient (Wildman–Crippen LogP) is 4.65. The molecule has 0 fully saturated rings. The van der Waals surface area contributed by atoms with Crippen LogP contribution in [0.25, 0.3) is 11.0 Å². The number of halogens is 1. The maximum absolute atomic E-state index is 9.47. The molecule has 0 amide bonds. The molecule has 104 valence electrons. The molecule has 3 aromatic rings. The summed E-state index contributed by atoms with van der Waals surface area (Å²) in [4.78, 5) is 7.46. The highest BCUT2D eigenvalue weighted by Gasteiger charge is 2.06. The Labute approximate surface area is 126 Å². The second kappa shape index (κ2) is 6.57. The lowest BCUT2D eigenvalue weighted by Gasteiger charge is -2.01. The lowest BCUT2D eigenvalue weighted by molar-refractivity contribution is 0.474. The largest absolute Gasteiger partial charge is 0.508 e. The van der Waals surface area contributed by atoms with Gasteiger partial charge in [0.05, 0.1) is 0 Å². The van der Waals surface area contributed by atoms with Crippen LogP contribution in [0.4, 0.5) is 0 Å². The molecule has 0 saturated heterocycles. The van der Waals surface area contributed by atoms with Gasteiger partial charge in [-0.15, -0.1) is 0 Å². The minimum absolute atomic E-state index is 0.298. The SMILES string of the molecule is CC.Oc1cccc(Cc2c[nH]c3ncc(Br)cc23)c1. The lowest BCUT2D eigenvalue weighted by atomic mass is 10.1. The molecule has 3 nitrogen and oxygen atoms in total. The normalized spacial score (nSPS) is 10.2. The molecule has 2 N–H and O–H groups in total. The fourth-order valence-electron chi connectivity index (χ4n) is 2.06. The highest BCUT2D eigenvalue weighted by molar-refractivity contribution is 9.10. The number of benzene rings is 1. The number of pyridine rings is 1. The van der Waals surface area contributed by atoms with Crippen LogP contribution < -0.4 is 0 Å². The van der Waals surface area contributed by atoms with Gasteiger partial charge in [-0.05, 0) is 51.7 Å². The third-order valence-corrected chi connectivity index (χ3v) is 3.32. The van der Waals surface area contributed by atoms with Gasteiger partial charge in [-0.2, -0.15) is 0 Å². The van der Waals surface area contributed by atoms with Crippen LogP contribution in [-0.4, -0.2) is 15.1 Å². The zero-order chi connectivity index (χ0) is 14.5. The molecule has 20 heavy (non-hydrogen) atoms. The van der Waals surface area contributed by atoms with Crippen molar-refractivity contribution in [3.05, 3.63) is 58.3 Å². The number of phenols is 1. The Morgan fingerprint density at radius 3 is 2.80 bits per heavy atom. The average Bonchev–Trinajstić information content (AvgIpc) is 2.84. The van der Waals surface area contributed by atoms with E-state index in [2.05, 4.69) is 32.0 Å². The van der Waals surface area contributed by atoms with E-state index in [1.54, 1.807) is 18.3 Å². The summed E-state index contributed by atoms with van der Waals surface area (Å²) in [5, 5.41) is 10.6.